The molecule has 9 aromatic rings. The van der Waals surface area contributed by atoms with Crippen LogP contribution in [0.3, 0.4) is 0 Å². The van der Waals surface area contributed by atoms with E-state index in [1.807, 2.05) is 6.07 Å². The molecule has 0 saturated heterocycles. The first-order valence-corrected chi connectivity index (χ1v) is 16.9. The van der Waals surface area contributed by atoms with Crippen LogP contribution in [0.15, 0.2) is 182 Å². The number of fused-ring (bicyclic) bond motifs is 4. The molecule has 0 aromatic heterocycles. The van der Waals surface area contributed by atoms with Gasteiger partial charge in [0.1, 0.15) is 11.5 Å². The number of rotatable bonds is 4. The summed E-state index contributed by atoms with van der Waals surface area (Å²) in [5.74, 6) is 1.82. The van der Waals surface area contributed by atoms with E-state index in [9.17, 15) is 0 Å². The highest BCUT2D eigenvalue weighted by atomic mass is 16.5. The van der Waals surface area contributed by atoms with Crippen LogP contribution in [-0.4, -0.2) is 0 Å². The average molecular weight is 623 g/mol. The molecule has 1 aliphatic rings. The summed E-state index contributed by atoms with van der Waals surface area (Å²) in [6, 6.07) is 65.7. The van der Waals surface area contributed by atoms with Gasteiger partial charge in [0.05, 0.1) is 0 Å². The molecule has 0 atom stereocenters. The molecule has 0 radical (unpaired) electrons. The summed E-state index contributed by atoms with van der Waals surface area (Å²) < 4.78 is 6.47. The molecule has 0 spiro atoms. The van der Waals surface area contributed by atoms with E-state index in [0.717, 1.165) is 17.1 Å². The van der Waals surface area contributed by atoms with Crippen molar-refractivity contribution in [3.05, 3.63) is 182 Å². The molecule has 9 aromatic carbocycles. The first-order valence-electron chi connectivity index (χ1n) is 16.9. The van der Waals surface area contributed by atoms with Crippen molar-refractivity contribution in [2.45, 2.75) is 0 Å². The molecule has 1 aliphatic heterocycles. The molecule has 10 rings (SSSR count). The molecule has 1 nitrogen and oxygen atoms in total. The monoisotopic (exact) mass is 622 g/mol. The molecular weight excluding hydrogens is 593 g/mol. The van der Waals surface area contributed by atoms with E-state index in [2.05, 4.69) is 176 Å². The van der Waals surface area contributed by atoms with Crippen molar-refractivity contribution in [1.29, 1.82) is 0 Å². The minimum Gasteiger partial charge on any atom is -0.456 e. The number of benzene rings is 9. The summed E-state index contributed by atoms with van der Waals surface area (Å²) >= 11 is 0. The highest BCUT2D eigenvalue weighted by Gasteiger charge is 2.23. The average Bonchev–Trinajstić information content (AvgIpc) is 3.18. The first-order chi connectivity index (χ1) is 24.3. The Morgan fingerprint density at radius 2 is 0.735 bits per heavy atom. The lowest BCUT2D eigenvalue weighted by atomic mass is 9.83. The Labute approximate surface area is 285 Å². The fraction of sp³-hybridized carbons (Fsp3) is 0. The maximum absolute atomic E-state index is 6.47. The second kappa shape index (κ2) is 11.1. The minimum absolute atomic E-state index is 0.907. The second-order valence-corrected chi connectivity index (χ2v) is 12.8. The molecule has 0 unspecified atom stereocenters. The molecular formula is C48H30O. The fourth-order valence-electron chi connectivity index (χ4n) is 7.95. The Hall–Kier alpha value is -6.44. The van der Waals surface area contributed by atoms with Crippen molar-refractivity contribution >= 4 is 32.3 Å². The third-order valence-electron chi connectivity index (χ3n) is 10.1. The summed E-state index contributed by atoms with van der Waals surface area (Å²) in [6.45, 7) is 0. The summed E-state index contributed by atoms with van der Waals surface area (Å²) in [4.78, 5) is 0. The van der Waals surface area contributed by atoms with Crippen LogP contribution in [0, 0.1) is 0 Å². The van der Waals surface area contributed by atoms with Crippen LogP contribution in [-0.2, 0) is 0 Å². The molecule has 1 heterocycles. The van der Waals surface area contributed by atoms with Gasteiger partial charge < -0.3 is 4.74 Å². The van der Waals surface area contributed by atoms with Gasteiger partial charge in [0.15, 0.2) is 0 Å². The minimum atomic E-state index is 0.907. The number of para-hydroxylation sites is 1. The van der Waals surface area contributed by atoms with E-state index in [1.54, 1.807) is 0 Å². The van der Waals surface area contributed by atoms with Crippen molar-refractivity contribution in [3.63, 3.8) is 0 Å². The van der Waals surface area contributed by atoms with Crippen LogP contribution in [0.5, 0.6) is 11.5 Å². The van der Waals surface area contributed by atoms with E-state index >= 15 is 0 Å². The van der Waals surface area contributed by atoms with Gasteiger partial charge in [0, 0.05) is 10.9 Å². The van der Waals surface area contributed by atoms with Crippen LogP contribution in [0.1, 0.15) is 0 Å². The van der Waals surface area contributed by atoms with Gasteiger partial charge in [0.25, 0.3) is 0 Å². The molecule has 0 aliphatic carbocycles. The molecule has 0 N–H and O–H groups in total. The molecule has 228 valence electrons. The molecule has 1 heteroatoms. The Morgan fingerprint density at radius 3 is 1.41 bits per heavy atom. The van der Waals surface area contributed by atoms with Gasteiger partial charge in [-0.3, -0.25) is 0 Å². The van der Waals surface area contributed by atoms with Gasteiger partial charge in [-0.2, -0.15) is 0 Å². The molecule has 0 saturated carbocycles. The van der Waals surface area contributed by atoms with Gasteiger partial charge in [-0.25, -0.2) is 0 Å². The maximum atomic E-state index is 6.47. The van der Waals surface area contributed by atoms with Gasteiger partial charge in [0.2, 0.25) is 0 Å². The zero-order chi connectivity index (χ0) is 32.3. The maximum Gasteiger partial charge on any atom is 0.135 e. The van der Waals surface area contributed by atoms with Crippen LogP contribution >= 0.6 is 0 Å². The topological polar surface area (TPSA) is 9.23 Å². The highest BCUT2D eigenvalue weighted by Crippen LogP contribution is 2.51. The van der Waals surface area contributed by atoms with Crippen molar-refractivity contribution in [2.24, 2.45) is 0 Å². The van der Waals surface area contributed by atoms with E-state index in [1.165, 1.54) is 82.4 Å². The highest BCUT2D eigenvalue weighted by molar-refractivity contribution is 6.24. The van der Waals surface area contributed by atoms with Gasteiger partial charge in [-0.1, -0.05) is 164 Å². The van der Waals surface area contributed by atoms with Crippen LogP contribution < -0.4 is 4.74 Å². The summed E-state index contributed by atoms with van der Waals surface area (Å²) in [6.07, 6.45) is 0. The van der Waals surface area contributed by atoms with Crippen LogP contribution in [0.25, 0.3) is 88.0 Å². The standard InChI is InChI=1S/C48H30O/c1-2-13-31(14-3-1)34-15-4-5-16-35(34)32-25-27-33(28-26-32)46-38-18-6-8-20-40(38)47(41-21-9-7-19-39(41)46)43-29-30-45-48-37(22-12-23-42(43)48)36-17-10-11-24-44(36)49-45/h1-30H. The Morgan fingerprint density at radius 1 is 0.245 bits per heavy atom. The largest absolute Gasteiger partial charge is 0.456 e. The molecule has 0 amide bonds. The van der Waals surface area contributed by atoms with E-state index < -0.39 is 0 Å². The summed E-state index contributed by atoms with van der Waals surface area (Å²) in [5.41, 5.74) is 12.2. The SMILES string of the molecule is c1ccc(-c2ccccc2-c2ccc(-c3c4ccccc4c(-c4ccc5c6c(cccc46)-c4ccccc4O5)c4ccccc34)cc2)cc1. The zero-order valence-corrected chi connectivity index (χ0v) is 26.7. The third-order valence-corrected chi connectivity index (χ3v) is 10.1. The van der Waals surface area contributed by atoms with Crippen molar-refractivity contribution in [1.82, 2.24) is 0 Å². The normalized spacial score (nSPS) is 11.8. The quantitative estimate of drug-likeness (QED) is 0.177. The lowest BCUT2D eigenvalue weighted by Gasteiger charge is -2.24. The van der Waals surface area contributed by atoms with Crippen molar-refractivity contribution in [2.75, 3.05) is 0 Å². The predicted molar refractivity (Wildman–Crippen MR) is 206 cm³/mol. The van der Waals surface area contributed by atoms with E-state index in [4.69, 9.17) is 4.74 Å². The predicted octanol–water partition coefficient (Wildman–Crippen LogP) is 13.6. The Kier molecular flexibility index (Phi) is 6.25. The molecule has 49 heavy (non-hydrogen) atoms. The van der Waals surface area contributed by atoms with E-state index in [-0.39, 0.29) is 0 Å². The zero-order valence-electron chi connectivity index (χ0n) is 26.7. The van der Waals surface area contributed by atoms with Crippen molar-refractivity contribution < 1.29 is 4.74 Å². The lowest BCUT2D eigenvalue weighted by Crippen LogP contribution is -1.98. The molecule has 0 fully saturated rings. The van der Waals surface area contributed by atoms with Crippen LogP contribution in [0.2, 0.25) is 0 Å². The smallest absolute Gasteiger partial charge is 0.135 e. The van der Waals surface area contributed by atoms with Gasteiger partial charge >= 0.3 is 0 Å². The number of hydrogen-bond donors (Lipinski definition) is 0. The first kappa shape index (κ1) is 27.7. The molecule has 0 bridgehead atoms. The lowest BCUT2D eigenvalue weighted by molar-refractivity contribution is 0.487. The fourth-order valence-corrected chi connectivity index (χ4v) is 7.95. The van der Waals surface area contributed by atoms with Crippen LogP contribution in [0.4, 0.5) is 0 Å². The van der Waals surface area contributed by atoms with Crippen molar-refractivity contribution in [3.8, 4) is 67.1 Å². The summed E-state index contributed by atoms with van der Waals surface area (Å²) in [7, 11) is 0. The van der Waals surface area contributed by atoms with Gasteiger partial charge in [-0.05, 0) is 95.2 Å². The third kappa shape index (κ3) is 4.33. The Balaban J connectivity index is 1.19. The van der Waals surface area contributed by atoms with Gasteiger partial charge in [-0.15, -0.1) is 0 Å². The second-order valence-electron chi connectivity index (χ2n) is 12.8. The number of ether oxygens (including phenoxy) is 1. The number of hydrogen-bond acceptors (Lipinski definition) is 1. The Bertz CT molecular complexity index is 2660. The van der Waals surface area contributed by atoms with E-state index in [0.29, 0.717) is 0 Å². The summed E-state index contributed by atoms with van der Waals surface area (Å²) in [5, 5.41) is 7.35.